The third-order valence-electron chi connectivity index (χ3n) is 5.29. The number of carboxylic acid groups (broad SMARTS) is 1. The van der Waals surface area contributed by atoms with Crippen LogP contribution in [0.5, 0.6) is 0 Å². The van der Waals surface area contributed by atoms with Crippen molar-refractivity contribution in [3.63, 3.8) is 0 Å². The first kappa shape index (κ1) is 18.1. The Morgan fingerprint density at radius 3 is 2.50 bits per heavy atom. The predicted octanol–water partition coefficient (Wildman–Crippen LogP) is 1.99. The molecular weight excluding hydrogens is 384 g/mol. The lowest BCUT2D eigenvalue weighted by molar-refractivity contribution is 0.142. The molecule has 0 radical (unpaired) electrons. The first-order chi connectivity index (χ1) is 14.6. The van der Waals surface area contributed by atoms with Crippen LogP contribution >= 0.6 is 0 Å². The molecule has 30 heavy (non-hydrogen) atoms. The van der Waals surface area contributed by atoms with Crippen LogP contribution in [0.1, 0.15) is 0 Å². The van der Waals surface area contributed by atoms with Crippen molar-refractivity contribution in [2.45, 2.75) is 0 Å². The van der Waals surface area contributed by atoms with Crippen LogP contribution in [-0.2, 0) is 7.05 Å². The van der Waals surface area contributed by atoms with E-state index in [9.17, 15) is 4.79 Å². The number of piperazine rings is 1. The van der Waals surface area contributed by atoms with E-state index in [0.29, 0.717) is 26.2 Å². The molecule has 0 atom stereocenters. The SMILES string of the molecule is Cn1cc(-c2cn3nccc3c(-c3ccc(N4CCN(C(=O)O)CC4)nc3)n2)cn1. The van der Waals surface area contributed by atoms with Crippen molar-refractivity contribution in [2.24, 2.45) is 7.05 Å². The largest absolute Gasteiger partial charge is 0.465 e. The molecule has 1 fully saturated rings. The van der Waals surface area contributed by atoms with Crippen molar-refractivity contribution in [3.05, 3.63) is 49.2 Å². The second-order valence-corrected chi connectivity index (χ2v) is 7.20. The molecule has 0 spiro atoms. The Labute approximate surface area is 172 Å². The minimum atomic E-state index is -0.873. The van der Waals surface area contributed by atoms with Gasteiger partial charge < -0.3 is 14.9 Å². The van der Waals surface area contributed by atoms with E-state index in [2.05, 4.69) is 20.1 Å². The van der Waals surface area contributed by atoms with Crippen molar-refractivity contribution >= 4 is 17.4 Å². The Morgan fingerprint density at radius 1 is 1.00 bits per heavy atom. The molecule has 1 aliphatic rings. The monoisotopic (exact) mass is 404 g/mol. The van der Waals surface area contributed by atoms with Gasteiger partial charge in [-0.25, -0.2) is 19.3 Å². The van der Waals surface area contributed by atoms with E-state index in [1.54, 1.807) is 23.3 Å². The molecular formula is C20H20N8O2. The summed E-state index contributed by atoms with van der Waals surface area (Å²) in [6.45, 7) is 2.20. The molecule has 5 rings (SSSR count). The van der Waals surface area contributed by atoms with E-state index < -0.39 is 6.09 Å². The maximum Gasteiger partial charge on any atom is 0.407 e. The van der Waals surface area contributed by atoms with Gasteiger partial charge >= 0.3 is 6.09 Å². The molecule has 0 bridgehead atoms. The predicted molar refractivity (Wildman–Crippen MR) is 110 cm³/mol. The summed E-state index contributed by atoms with van der Waals surface area (Å²) in [6.07, 6.45) is 8.26. The number of hydrogen-bond acceptors (Lipinski definition) is 6. The number of pyridine rings is 1. The quantitative estimate of drug-likeness (QED) is 0.557. The molecule has 0 aromatic carbocycles. The standard InChI is InChI=1S/C20H20N8O2/c1-25-12-15(11-23-25)16-13-28-17(4-5-22-28)19(24-16)14-2-3-18(21-10-14)26-6-8-27(9-7-26)20(29)30/h2-5,10-13H,6-9H2,1H3,(H,29,30). The van der Waals surface area contributed by atoms with E-state index in [1.165, 1.54) is 4.90 Å². The molecule has 1 N–H and O–H groups in total. The highest BCUT2D eigenvalue weighted by Crippen LogP contribution is 2.27. The maximum atomic E-state index is 11.1. The minimum absolute atomic E-state index is 0.476. The van der Waals surface area contributed by atoms with Gasteiger partial charge in [0.15, 0.2) is 0 Å². The van der Waals surface area contributed by atoms with Gasteiger partial charge in [-0.15, -0.1) is 0 Å². The third kappa shape index (κ3) is 3.21. The van der Waals surface area contributed by atoms with Gasteiger partial charge in [-0.2, -0.15) is 10.2 Å². The lowest BCUT2D eigenvalue weighted by atomic mass is 10.1. The molecule has 1 saturated heterocycles. The Kier molecular flexibility index (Phi) is 4.31. The summed E-state index contributed by atoms with van der Waals surface area (Å²) in [5, 5.41) is 17.7. The highest BCUT2D eigenvalue weighted by atomic mass is 16.4. The lowest BCUT2D eigenvalue weighted by Crippen LogP contribution is -2.48. The van der Waals surface area contributed by atoms with Crippen LogP contribution in [0, 0.1) is 0 Å². The van der Waals surface area contributed by atoms with Crippen molar-refractivity contribution in [3.8, 4) is 22.5 Å². The Hall–Kier alpha value is -3.95. The Morgan fingerprint density at radius 2 is 1.83 bits per heavy atom. The lowest BCUT2D eigenvalue weighted by Gasteiger charge is -2.33. The summed E-state index contributed by atoms with van der Waals surface area (Å²) in [4.78, 5) is 24.1. The van der Waals surface area contributed by atoms with Gasteiger partial charge in [0.25, 0.3) is 0 Å². The zero-order valence-corrected chi connectivity index (χ0v) is 16.4. The molecule has 10 heteroatoms. The van der Waals surface area contributed by atoms with Crippen molar-refractivity contribution < 1.29 is 9.90 Å². The zero-order valence-electron chi connectivity index (χ0n) is 16.4. The van der Waals surface area contributed by atoms with E-state index in [0.717, 1.165) is 33.8 Å². The first-order valence-corrected chi connectivity index (χ1v) is 9.61. The van der Waals surface area contributed by atoms with Crippen molar-refractivity contribution in [2.75, 3.05) is 31.1 Å². The van der Waals surface area contributed by atoms with Gasteiger partial charge in [0.05, 0.1) is 35.5 Å². The number of nitrogens with zero attached hydrogens (tertiary/aromatic N) is 8. The van der Waals surface area contributed by atoms with Crippen LogP contribution in [0.25, 0.3) is 28.0 Å². The van der Waals surface area contributed by atoms with Crippen molar-refractivity contribution in [1.82, 2.24) is 34.3 Å². The molecule has 4 aromatic rings. The Bertz CT molecular complexity index is 1210. The molecule has 10 nitrogen and oxygen atoms in total. The van der Waals surface area contributed by atoms with Crippen molar-refractivity contribution in [1.29, 1.82) is 0 Å². The summed E-state index contributed by atoms with van der Waals surface area (Å²) >= 11 is 0. The van der Waals surface area contributed by atoms with Crippen LogP contribution < -0.4 is 4.90 Å². The number of amides is 1. The van der Waals surface area contributed by atoms with Gasteiger partial charge in [-0.3, -0.25) is 4.68 Å². The number of fused-ring (bicyclic) bond motifs is 1. The van der Waals surface area contributed by atoms with Gasteiger partial charge in [0.1, 0.15) is 5.82 Å². The van der Waals surface area contributed by atoms with Crippen LogP contribution in [-0.4, -0.2) is 71.6 Å². The maximum absolute atomic E-state index is 11.1. The number of aryl methyl sites for hydroxylation is 1. The van der Waals surface area contributed by atoms with Crippen LogP contribution in [0.4, 0.5) is 10.6 Å². The van der Waals surface area contributed by atoms with Crippen LogP contribution in [0.3, 0.4) is 0 Å². The summed E-state index contributed by atoms with van der Waals surface area (Å²) < 4.78 is 3.55. The van der Waals surface area contributed by atoms with Gasteiger partial charge in [0, 0.05) is 56.7 Å². The van der Waals surface area contributed by atoms with E-state index in [1.807, 2.05) is 42.2 Å². The second-order valence-electron chi connectivity index (χ2n) is 7.20. The van der Waals surface area contributed by atoms with Gasteiger partial charge in [-0.1, -0.05) is 0 Å². The van der Waals surface area contributed by atoms with E-state index in [-0.39, 0.29) is 0 Å². The van der Waals surface area contributed by atoms with Gasteiger partial charge in [0.2, 0.25) is 0 Å². The highest BCUT2D eigenvalue weighted by molar-refractivity contribution is 5.78. The number of carbonyl (C=O) groups is 1. The summed E-state index contributed by atoms with van der Waals surface area (Å²) in [6, 6.07) is 5.87. The summed E-state index contributed by atoms with van der Waals surface area (Å²) in [5.74, 6) is 0.830. The molecule has 0 aliphatic carbocycles. The molecule has 0 unspecified atom stereocenters. The molecule has 1 aliphatic heterocycles. The molecule has 4 aromatic heterocycles. The second kappa shape index (κ2) is 7.14. The third-order valence-corrected chi connectivity index (χ3v) is 5.29. The Balaban J connectivity index is 1.46. The molecule has 0 saturated carbocycles. The smallest absolute Gasteiger partial charge is 0.407 e. The number of rotatable bonds is 3. The zero-order chi connectivity index (χ0) is 20.7. The normalized spacial score (nSPS) is 14.4. The fraction of sp³-hybridized carbons (Fsp3) is 0.250. The molecule has 152 valence electrons. The number of hydrogen-bond donors (Lipinski definition) is 1. The average molecular weight is 404 g/mol. The minimum Gasteiger partial charge on any atom is -0.465 e. The highest BCUT2D eigenvalue weighted by Gasteiger charge is 2.21. The average Bonchev–Trinajstić information content (AvgIpc) is 3.42. The summed E-state index contributed by atoms with van der Waals surface area (Å²) in [5.41, 5.74) is 4.27. The molecule has 5 heterocycles. The van der Waals surface area contributed by atoms with E-state index >= 15 is 0 Å². The topological polar surface area (TPSA) is 105 Å². The first-order valence-electron chi connectivity index (χ1n) is 9.61. The fourth-order valence-corrected chi connectivity index (χ4v) is 3.67. The summed E-state index contributed by atoms with van der Waals surface area (Å²) in [7, 11) is 1.87. The number of anilines is 1. The van der Waals surface area contributed by atoms with Gasteiger partial charge in [-0.05, 0) is 18.2 Å². The molecule has 1 amide bonds. The number of aromatic nitrogens is 6. The van der Waals surface area contributed by atoms with Crippen LogP contribution in [0.2, 0.25) is 0 Å². The van der Waals surface area contributed by atoms with Crippen LogP contribution in [0.15, 0.2) is 49.2 Å². The van der Waals surface area contributed by atoms with E-state index in [4.69, 9.17) is 10.1 Å². The fourth-order valence-electron chi connectivity index (χ4n) is 3.67.